The predicted molar refractivity (Wildman–Crippen MR) is 94.3 cm³/mol. The van der Waals surface area contributed by atoms with E-state index in [0.29, 0.717) is 6.42 Å². The molecule has 0 aromatic rings. The van der Waals surface area contributed by atoms with Crippen molar-refractivity contribution in [2.24, 2.45) is 17.8 Å². The van der Waals surface area contributed by atoms with E-state index in [9.17, 15) is 4.79 Å². The van der Waals surface area contributed by atoms with Crippen LogP contribution in [0.25, 0.3) is 0 Å². The summed E-state index contributed by atoms with van der Waals surface area (Å²) in [5.74, 6) is 7.85. The summed E-state index contributed by atoms with van der Waals surface area (Å²) in [7, 11) is 0. The smallest absolute Gasteiger partial charge is 0.303 e. The number of hydrogen-bond acceptors (Lipinski definition) is 3. The Morgan fingerprint density at radius 2 is 1.76 bits per heavy atom. The average molecular weight is 331 g/mol. The number of hydrogen-bond donors (Lipinski definition) is 1. The molecule has 2 fully saturated rings. The molecule has 0 amide bonds. The first kappa shape index (κ1) is 17.5. The second kappa shape index (κ2) is 10.0. The Labute approximate surface area is 138 Å². The van der Waals surface area contributed by atoms with E-state index in [0.717, 1.165) is 30.6 Å². The average Bonchev–Trinajstić information content (AvgIpc) is 3.18. The number of carboxylic acids is 1. The number of aliphatic carboxylic acids is 1. The SMILES string of the molecule is O=C(O)CCCCCCC1CSCC1CCSCC1CC1. The lowest BCUT2D eigenvalue weighted by molar-refractivity contribution is -0.137. The molecule has 0 radical (unpaired) electrons. The van der Waals surface area contributed by atoms with Gasteiger partial charge in [0, 0.05) is 6.42 Å². The van der Waals surface area contributed by atoms with Crippen molar-refractivity contribution in [3.8, 4) is 0 Å². The van der Waals surface area contributed by atoms with Gasteiger partial charge in [0.05, 0.1) is 0 Å². The van der Waals surface area contributed by atoms with Gasteiger partial charge < -0.3 is 5.11 Å². The van der Waals surface area contributed by atoms with Crippen molar-refractivity contribution < 1.29 is 9.90 Å². The number of carboxylic acid groups (broad SMARTS) is 1. The highest BCUT2D eigenvalue weighted by molar-refractivity contribution is 7.99. The quantitative estimate of drug-likeness (QED) is 0.515. The fourth-order valence-corrected chi connectivity index (χ4v) is 6.01. The molecule has 122 valence electrons. The molecule has 4 heteroatoms. The Hall–Kier alpha value is 0.170. The van der Waals surface area contributed by atoms with Gasteiger partial charge in [-0.15, -0.1) is 0 Å². The Kier molecular flexibility index (Phi) is 8.38. The Morgan fingerprint density at radius 3 is 2.48 bits per heavy atom. The maximum Gasteiger partial charge on any atom is 0.303 e. The first-order valence-corrected chi connectivity index (χ1v) is 10.9. The van der Waals surface area contributed by atoms with Gasteiger partial charge in [0.25, 0.3) is 0 Å². The Morgan fingerprint density at radius 1 is 1.05 bits per heavy atom. The van der Waals surface area contributed by atoms with E-state index in [1.807, 2.05) is 0 Å². The molecule has 21 heavy (non-hydrogen) atoms. The summed E-state index contributed by atoms with van der Waals surface area (Å²) in [5, 5.41) is 8.61. The number of carbonyl (C=O) groups is 1. The Balaban J connectivity index is 1.46. The first-order chi connectivity index (χ1) is 10.3. The van der Waals surface area contributed by atoms with E-state index in [1.165, 1.54) is 61.5 Å². The van der Waals surface area contributed by atoms with Crippen molar-refractivity contribution in [1.82, 2.24) is 0 Å². The van der Waals surface area contributed by atoms with E-state index < -0.39 is 5.97 Å². The molecule has 0 bridgehead atoms. The fraction of sp³-hybridized carbons (Fsp3) is 0.941. The molecule has 1 aliphatic carbocycles. The second-order valence-corrected chi connectivity index (χ2v) is 8.94. The molecule has 0 spiro atoms. The van der Waals surface area contributed by atoms with Crippen molar-refractivity contribution >= 4 is 29.5 Å². The van der Waals surface area contributed by atoms with Crippen LogP contribution in [0.3, 0.4) is 0 Å². The molecule has 1 N–H and O–H groups in total. The van der Waals surface area contributed by atoms with Gasteiger partial charge in [0.2, 0.25) is 0 Å². The molecule has 2 rings (SSSR count). The van der Waals surface area contributed by atoms with Gasteiger partial charge in [-0.1, -0.05) is 19.3 Å². The van der Waals surface area contributed by atoms with Crippen LogP contribution in [0.2, 0.25) is 0 Å². The van der Waals surface area contributed by atoms with Gasteiger partial charge in [0.1, 0.15) is 0 Å². The monoisotopic (exact) mass is 330 g/mol. The molecule has 1 aliphatic heterocycles. The molecular formula is C17H30O2S2. The van der Waals surface area contributed by atoms with Crippen molar-refractivity contribution in [1.29, 1.82) is 0 Å². The van der Waals surface area contributed by atoms with Crippen LogP contribution in [-0.2, 0) is 4.79 Å². The summed E-state index contributed by atoms with van der Waals surface area (Å²) in [6.07, 6.45) is 10.6. The molecule has 2 nitrogen and oxygen atoms in total. The lowest BCUT2D eigenvalue weighted by Gasteiger charge is -2.18. The van der Waals surface area contributed by atoms with Crippen molar-refractivity contribution in [3.05, 3.63) is 0 Å². The standard InChI is InChI=1S/C17H30O2S2/c18-17(19)6-4-2-1-3-5-15-12-21-13-16(15)9-10-20-11-14-7-8-14/h14-16H,1-13H2,(H,18,19). The molecule has 1 saturated heterocycles. The van der Waals surface area contributed by atoms with Gasteiger partial charge >= 0.3 is 5.97 Å². The number of thioether (sulfide) groups is 2. The molecule has 0 aromatic carbocycles. The van der Waals surface area contributed by atoms with Crippen LogP contribution in [0.1, 0.15) is 57.8 Å². The van der Waals surface area contributed by atoms with Crippen LogP contribution >= 0.6 is 23.5 Å². The minimum Gasteiger partial charge on any atom is -0.481 e. The van der Waals surface area contributed by atoms with Crippen LogP contribution in [0.4, 0.5) is 0 Å². The predicted octanol–water partition coefficient (Wildman–Crippen LogP) is 4.92. The highest BCUT2D eigenvalue weighted by atomic mass is 32.2. The third-order valence-corrected chi connectivity index (χ3v) is 7.29. The van der Waals surface area contributed by atoms with Crippen LogP contribution in [-0.4, -0.2) is 34.1 Å². The maximum absolute atomic E-state index is 10.5. The van der Waals surface area contributed by atoms with Crippen LogP contribution in [0.15, 0.2) is 0 Å². The van der Waals surface area contributed by atoms with Crippen LogP contribution in [0.5, 0.6) is 0 Å². The minimum absolute atomic E-state index is 0.347. The van der Waals surface area contributed by atoms with E-state index >= 15 is 0 Å². The van der Waals surface area contributed by atoms with E-state index in [4.69, 9.17) is 5.11 Å². The summed E-state index contributed by atoms with van der Waals surface area (Å²) >= 11 is 4.34. The fourth-order valence-electron chi connectivity index (χ4n) is 3.09. The van der Waals surface area contributed by atoms with E-state index in [1.54, 1.807) is 0 Å². The lowest BCUT2D eigenvalue weighted by atomic mass is 9.89. The van der Waals surface area contributed by atoms with Crippen LogP contribution < -0.4 is 0 Å². The zero-order chi connectivity index (χ0) is 14.9. The summed E-state index contributed by atoms with van der Waals surface area (Å²) in [4.78, 5) is 10.5. The van der Waals surface area contributed by atoms with Gasteiger partial charge in [0.15, 0.2) is 0 Å². The van der Waals surface area contributed by atoms with Crippen molar-refractivity contribution in [2.45, 2.75) is 57.8 Å². The molecular weight excluding hydrogens is 300 g/mol. The maximum atomic E-state index is 10.5. The molecule has 2 atom stereocenters. The van der Waals surface area contributed by atoms with E-state index in [2.05, 4.69) is 23.5 Å². The summed E-state index contributed by atoms with van der Waals surface area (Å²) < 4.78 is 0. The summed E-state index contributed by atoms with van der Waals surface area (Å²) in [5.41, 5.74) is 0. The molecule has 2 aliphatic rings. The third kappa shape index (κ3) is 7.83. The largest absolute Gasteiger partial charge is 0.481 e. The molecule has 0 aromatic heterocycles. The second-order valence-electron chi connectivity index (χ2n) is 6.71. The Bertz CT molecular complexity index is 305. The topological polar surface area (TPSA) is 37.3 Å². The van der Waals surface area contributed by atoms with Gasteiger partial charge in [-0.25, -0.2) is 0 Å². The normalized spacial score (nSPS) is 25.3. The molecule has 1 heterocycles. The summed E-state index contributed by atoms with van der Waals surface area (Å²) in [6, 6.07) is 0. The van der Waals surface area contributed by atoms with E-state index in [-0.39, 0.29) is 0 Å². The summed E-state index contributed by atoms with van der Waals surface area (Å²) in [6.45, 7) is 0. The lowest BCUT2D eigenvalue weighted by Crippen LogP contribution is -2.13. The number of unbranched alkanes of at least 4 members (excludes halogenated alkanes) is 3. The van der Waals surface area contributed by atoms with Gasteiger partial charge in [-0.2, -0.15) is 23.5 Å². The number of rotatable bonds is 12. The van der Waals surface area contributed by atoms with Crippen LogP contribution in [0, 0.1) is 17.8 Å². The zero-order valence-corrected chi connectivity index (χ0v) is 14.7. The molecule has 1 saturated carbocycles. The van der Waals surface area contributed by atoms with Gasteiger partial charge in [-0.05, 0) is 72.9 Å². The highest BCUT2D eigenvalue weighted by Gasteiger charge is 2.27. The van der Waals surface area contributed by atoms with Gasteiger partial charge in [-0.3, -0.25) is 4.79 Å². The molecule has 2 unspecified atom stereocenters. The van der Waals surface area contributed by atoms with Crippen molar-refractivity contribution in [3.63, 3.8) is 0 Å². The van der Waals surface area contributed by atoms with Crippen molar-refractivity contribution in [2.75, 3.05) is 23.0 Å². The third-order valence-electron chi connectivity index (χ3n) is 4.73. The minimum atomic E-state index is -0.647. The highest BCUT2D eigenvalue weighted by Crippen LogP contribution is 2.37. The first-order valence-electron chi connectivity index (χ1n) is 8.63. The zero-order valence-electron chi connectivity index (χ0n) is 13.1.